The molecule has 3 aromatic heterocycles. The number of nitrogens with zero attached hydrogens (tertiary/aromatic N) is 5. The van der Waals surface area contributed by atoms with Crippen molar-refractivity contribution >= 4 is 11.7 Å². The lowest BCUT2D eigenvalue weighted by molar-refractivity contribution is -0.129. The molecule has 1 unspecified atom stereocenters. The maximum absolute atomic E-state index is 12.8. The Kier molecular flexibility index (Phi) is 6.06. The number of amides is 1. The Morgan fingerprint density at radius 1 is 1.23 bits per heavy atom. The normalized spacial score (nSPS) is 15.7. The van der Waals surface area contributed by atoms with E-state index in [2.05, 4.69) is 25.3 Å². The van der Waals surface area contributed by atoms with Gasteiger partial charge in [-0.3, -0.25) is 4.79 Å². The minimum Gasteiger partial charge on any atom is -0.481 e. The molecule has 0 saturated carbocycles. The first kappa shape index (κ1) is 20.7. The molecular formula is C23H26N6O2. The number of hydrogen-bond donors (Lipinski definition) is 1. The zero-order valence-corrected chi connectivity index (χ0v) is 18.0. The predicted octanol–water partition coefficient (Wildman–Crippen LogP) is 2.81. The quantitative estimate of drug-likeness (QED) is 0.658. The molecule has 8 heteroatoms. The van der Waals surface area contributed by atoms with Crippen LogP contribution in [0.25, 0.3) is 11.4 Å². The first-order valence-electron chi connectivity index (χ1n) is 10.3. The average Bonchev–Trinajstić information content (AvgIpc) is 3.24. The minimum absolute atomic E-state index is 0.112. The number of likely N-dealkylation sites (tertiary alicyclic amines) is 1. The van der Waals surface area contributed by atoms with E-state index in [1.807, 2.05) is 36.9 Å². The molecule has 4 rings (SSSR count). The standard InChI is InChI=1S/C23H26N6O2/c1-15-13-26-21(31-3)11-17(15)12-22(30)29-10-7-18(14-29)28-20-6-5-19(16(2)27-20)23-24-8-4-9-25-23/h4-6,8-9,11,13,18H,7,10,12,14H2,1-3H3,(H,27,28). The Labute approximate surface area is 181 Å². The molecule has 1 aliphatic rings. The highest BCUT2D eigenvalue weighted by Gasteiger charge is 2.27. The molecule has 0 spiro atoms. The summed E-state index contributed by atoms with van der Waals surface area (Å²) in [5, 5.41) is 3.46. The van der Waals surface area contributed by atoms with Crippen LogP contribution in [0, 0.1) is 13.8 Å². The number of pyridine rings is 2. The van der Waals surface area contributed by atoms with Gasteiger partial charge in [0.25, 0.3) is 0 Å². The number of nitrogens with one attached hydrogen (secondary N) is 1. The van der Waals surface area contributed by atoms with E-state index in [4.69, 9.17) is 4.74 Å². The Bertz CT molecular complexity index is 1070. The zero-order chi connectivity index (χ0) is 21.8. The van der Waals surface area contributed by atoms with Crippen molar-refractivity contribution < 1.29 is 9.53 Å². The summed E-state index contributed by atoms with van der Waals surface area (Å²) in [4.78, 5) is 32.2. The van der Waals surface area contributed by atoms with Crippen LogP contribution in [-0.2, 0) is 11.2 Å². The maximum atomic E-state index is 12.8. The molecule has 160 valence electrons. The highest BCUT2D eigenvalue weighted by atomic mass is 16.5. The molecule has 8 nitrogen and oxygen atoms in total. The fourth-order valence-electron chi connectivity index (χ4n) is 3.75. The highest BCUT2D eigenvalue weighted by Crippen LogP contribution is 2.22. The van der Waals surface area contributed by atoms with Gasteiger partial charge in [-0.15, -0.1) is 0 Å². The molecule has 3 aromatic rings. The number of aromatic nitrogens is 4. The van der Waals surface area contributed by atoms with Crippen molar-refractivity contribution in [3.05, 3.63) is 59.7 Å². The minimum atomic E-state index is 0.112. The van der Waals surface area contributed by atoms with Crippen molar-refractivity contribution in [2.75, 3.05) is 25.5 Å². The van der Waals surface area contributed by atoms with Crippen LogP contribution < -0.4 is 10.1 Å². The number of anilines is 1. The molecule has 1 saturated heterocycles. The fourth-order valence-corrected chi connectivity index (χ4v) is 3.75. The van der Waals surface area contributed by atoms with Crippen molar-refractivity contribution in [1.82, 2.24) is 24.8 Å². The molecule has 1 aliphatic heterocycles. The second-order valence-electron chi connectivity index (χ2n) is 7.70. The number of methoxy groups -OCH3 is 1. The molecule has 31 heavy (non-hydrogen) atoms. The van der Waals surface area contributed by atoms with Gasteiger partial charge in [0.05, 0.1) is 19.2 Å². The van der Waals surface area contributed by atoms with E-state index in [-0.39, 0.29) is 11.9 Å². The van der Waals surface area contributed by atoms with E-state index < -0.39 is 0 Å². The van der Waals surface area contributed by atoms with Crippen LogP contribution in [0.2, 0.25) is 0 Å². The van der Waals surface area contributed by atoms with Gasteiger partial charge in [-0.25, -0.2) is 19.9 Å². The third-order valence-corrected chi connectivity index (χ3v) is 5.53. The number of ether oxygens (including phenoxy) is 1. The third kappa shape index (κ3) is 4.79. The predicted molar refractivity (Wildman–Crippen MR) is 118 cm³/mol. The molecule has 4 heterocycles. The second-order valence-corrected chi connectivity index (χ2v) is 7.70. The van der Waals surface area contributed by atoms with Gasteiger partial charge in [0, 0.05) is 49.4 Å². The van der Waals surface area contributed by atoms with Gasteiger partial charge in [0.2, 0.25) is 11.8 Å². The van der Waals surface area contributed by atoms with Crippen LogP contribution in [-0.4, -0.2) is 57.0 Å². The zero-order valence-electron chi connectivity index (χ0n) is 18.0. The average molecular weight is 419 g/mol. The molecule has 1 amide bonds. The molecule has 0 aliphatic carbocycles. The van der Waals surface area contributed by atoms with Gasteiger partial charge in [-0.1, -0.05) is 0 Å². The molecule has 1 N–H and O–H groups in total. The van der Waals surface area contributed by atoms with Crippen molar-refractivity contribution in [2.45, 2.75) is 32.7 Å². The van der Waals surface area contributed by atoms with Crippen molar-refractivity contribution in [3.63, 3.8) is 0 Å². The van der Waals surface area contributed by atoms with E-state index >= 15 is 0 Å². The van der Waals surface area contributed by atoms with E-state index in [1.54, 1.807) is 31.8 Å². The highest BCUT2D eigenvalue weighted by molar-refractivity contribution is 5.79. The van der Waals surface area contributed by atoms with Gasteiger partial charge >= 0.3 is 0 Å². The summed E-state index contributed by atoms with van der Waals surface area (Å²) in [6.07, 6.45) is 6.42. The van der Waals surface area contributed by atoms with Crippen molar-refractivity contribution in [1.29, 1.82) is 0 Å². The van der Waals surface area contributed by atoms with Crippen molar-refractivity contribution in [3.8, 4) is 17.3 Å². The van der Waals surface area contributed by atoms with Gasteiger partial charge in [0.1, 0.15) is 5.82 Å². The maximum Gasteiger partial charge on any atom is 0.227 e. The fraction of sp³-hybridized carbons (Fsp3) is 0.348. The number of hydrogen-bond acceptors (Lipinski definition) is 7. The van der Waals surface area contributed by atoms with Crippen LogP contribution in [0.1, 0.15) is 23.2 Å². The van der Waals surface area contributed by atoms with Crippen LogP contribution in [0.5, 0.6) is 5.88 Å². The van der Waals surface area contributed by atoms with Crippen LogP contribution >= 0.6 is 0 Å². The molecule has 0 radical (unpaired) electrons. The Balaban J connectivity index is 1.37. The lowest BCUT2D eigenvalue weighted by Crippen LogP contribution is -2.33. The van der Waals surface area contributed by atoms with Crippen LogP contribution in [0.3, 0.4) is 0 Å². The van der Waals surface area contributed by atoms with E-state index in [9.17, 15) is 4.79 Å². The number of aryl methyl sites for hydroxylation is 2. The first-order chi connectivity index (χ1) is 15.0. The topological polar surface area (TPSA) is 93.1 Å². The summed E-state index contributed by atoms with van der Waals surface area (Å²) < 4.78 is 5.19. The monoisotopic (exact) mass is 418 g/mol. The van der Waals surface area contributed by atoms with E-state index in [1.165, 1.54) is 0 Å². The van der Waals surface area contributed by atoms with Crippen LogP contribution in [0.4, 0.5) is 5.82 Å². The Hall–Kier alpha value is -3.55. The van der Waals surface area contributed by atoms with Crippen molar-refractivity contribution in [2.24, 2.45) is 0 Å². The van der Waals surface area contributed by atoms with Gasteiger partial charge in [0.15, 0.2) is 5.82 Å². The van der Waals surface area contributed by atoms with E-state index in [0.717, 1.165) is 41.2 Å². The lowest BCUT2D eigenvalue weighted by atomic mass is 10.1. The van der Waals surface area contributed by atoms with Crippen LogP contribution in [0.15, 0.2) is 42.9 Å². The first-order valence-corrected chi connectivity index (χ1v) is 10.3. The second kappa shape index (κ2) is 9.07. The van der Waals surface area contributed by atoms with E-state index in [0.29, 0.717) is 24.7 Å². The molecule has 1 fully saturated rings. The smallest absolute Gasteiger partial charge is 0.227 e. The van der Waals surface area contributed by atoms with Gasteiger partial charge < -0.3 is 15.0 Å². The third-order valence-electron chi connectivity index (χ3n) is 5.53. The number of carbonyl (C=O) groups excluding carboxylic acids is 1. The summed E-state index contributed by atoms with van der Waals surface area (Å²) in [7, 11) is 1.58. The molecule has 1 atom stereocenters. The Morgan fingerprint density at radius 3 is 2.77 bits per heavy atom. The summed E-state index contributed by atoms with van der Waals surface area (Å²) >= 11 is 0. The summed E-state index contributed by atoms with van der Waals surface area (Å²) in [6, 6.07) is 7.72. The summed E-state index contributed by atoms with van der Waals surface area (Å²) in [5.74, 6) is 2.10. The van der Waals surface area contributed by atoms with Gasteiger partial charge in [-0.05, 0) is 49.6 Å². The van der Waals surface area contributed by atoms with Gasteiger partial charge in [-0.2, -0.15) is 0 Å². The SMILES string of the molecule is COc1cc(CC(=O)N2CCC(Nc3ccc(-c4ncccn4)c(C)n3)C2)c(C)cn1. The lowest BCUT2D eigenvalue weighted by Gasteiger charge is -2.18. The summed E-state index contributed by atoms with van der Waals surface area (Å²) in [5.41, 5.74) is 3.72. The summed E-state index contributed by atoms with van der Waals surface area (Å²) in [6.45, 7) is 5.30. The number of carbonyl (C=O) groups is 1. The largest absolute Gasteiger partial charge is 0.481 e. The molecule has 0 bridgehead atoms. The molecule has 0 aromatic carbocycles. The number of rotatable bonds is 6. The molecular weight excluding hydrogens is 392 g/mol. The Morgan fingerprint density at radius 2 is 2.03 bits per heavy atom.